The summed E-state index contributed by atoms with van der Waals surface area (Å²) < 4.78 is 0. The zero-order chi connectivity index (χ0) is 26.6. The first-order valence-corrected chi connectivity index (χ1v) is 13.1. The van der Waals surface area contributed by atoms with Crippen molar-refractivity contribution in [2.24, 2.45) is 0 Å². The summed E-state index contributed by atoms with van der Waals surface area (Å²) in [7, 11) is 0. The molecular weight excluding hydrogens is 504 g/mol. The minimum atomic E-state index is -1.22. The number of aliphatic carboxylic acids is 1. The number of aliphatic hydroxyl groups is 1. The molecule has 0 radical (unpaired) electrons. The number of nitrogens with one attached hydrogen (secondary N) is 1. The van der Waals surface area contributed by atoms with Gasteiger partial charge in [0, 0.05) is 22.5 Å². The van der Waals surface area contributed by atoms with Gasteiger partial charge in [-0.3, -0.25) is 19.3 Å². The van der Waals surface area contributed by atoms with E-state index in [9.17, 15) is 29.4 Å². The third kappa shape index (κ3) is 3.82. The van der Waals surface area contributed by atoms with Crippen LogP contribution >= 0.6 is 11.8 Å². The van der Waals surface area contributed by atoms with Gasteiger partial charge < -0.3 is 15.5 Å². The number of amides is 2. The Morgan fingerprint density at radius 2 is 1.68 bits per heavy atom. The molecule has 1 saturated heterocycles. The highest BCUT2D eigenvalue weighted by Gasteiger charge is 2.54. The average Bonchev–Trinajstić information content (AvgIpc) is 3.21. The number of hydrogen-bond donors (Lipinski definition) is 3. The quantitative estimate of drug-likeness (QED) is 0.330. The van der Waals surface area contributed by atoms with Crippen molar-refractivity contribution < 1.29 is 29.4 Å². The van der Waals surface area contributed by atoms with Crippen LogP contribution in [0.3, 0.4) is 0 Å². The van der Waals surface area contributed by atoms with Gasteiger partial charge in [0.25, 0.3) is 5.91 Å². The van der Waals surface area contributed by atoms with Gasteiger partial charge in [0.1, 0.15) is 17.1 Å². The summed E-state index contributed by atoms with van der Waals surface area (Å²) in [5.74, 6) is -1.80. The molecule has 0 bridgehead atoms. The van der Waals surface area contributed by atoms with Gasteiger partial charge in [-0.2, -0.15) is 0 Å². The van der Waals surface area contributed by atoms with Crippen LogP contribution in [0, 0.1) is 0 Å². The molecule has 0 saturated carbocycles. The lowest BCUT2D eigenvalue weighted by atomic mass is 9.95. The number of β-lactam (4-membered cyclic amide) rings is 1. The highest BCUT2D eigenvalue weighted by Crippen LogP contribution is 2.45. The van der Waals surface area contributed by atoms with E-state index in [1.165, 1.54) is 16.7 Å². The number of nitrogens with zero attached hydrogens (tertiary/aromatic N) is 1. The number of aliphatic hydroxyl groups excluding tert-OH is 1. The molecule has 3 aromatic carbocycles. The Hall–Kier alpha value is -4.21. The van der Waals surface area contributed by atoms with E-state index in [-0.39, 0.29) is 30.4 Å². The fourth-order valence-corrected chi connectivity index (χ4v) is 6.63. The zero-order valence-corrected chi connectivity index (χ0v) is 20.8. The van der Waals surface area contributed by atoms with E-state index in [1.54, 1.807) is 36.4 Å². The molecule has 3 aliphatic rings. The fraction of sp³-hybridized carbons (Fsp3) is 0.172. The van der Waals surface area contributed by atoms with E-state index < -0.39 is 23.3 Å². The summed E-state index contributed by atoms with van der Waals surface area (Å²) in [4.78, 5) is 52.2. The molecule has 0 unspecified atom stereocenters. The highest BCUT2D eigenvalue weighted by molar-refractivity contribution is 8.00. The standard InChI is InChI=1S/C29H22N2O6S/c32-13-16-6-8-18-20-12-17(7-9-19(20)26(34)21(18)10-16)22-14-38-28-24(27(35)31(28)25(22)29(36)37)30-23(33)11-15-4-2-1-3-5-15/h1-10,12,24,28,32H,11,13-14H2,(H,30,33)(H,36,37)/t24-,28+/m1/s1. The lowest BCUT2D eigenvalue weighted by Gasteiger charge is -2.49. The predicted molar refractivity (Wildman–Crippen MR) is 141 cm³/mol. The average molecular weight is 527 g/mol. The van der Waals surface area contributed by atoms with Crippen molar-refractivity contribution in [2.45, 2.75) is 24.4 Å². The van der Waals surface area contributed by atoms with Gasteiger partial charge in [-0.1, -0.05) is 48.5 Å². The molecule has 2 atom stereocenters. The van der Waals surface area contributed by atoms with Crippen LogP contribution in [0.1, 0.15) is 32.6 Å². The molecule has 2 amide bonds. The van der Waals surface area contributed by atoms with Crippen LogP contribution in [0.2, 0.25) is 0 Å². The first-order chi connectivity index (χ1) is 18.4. The van der Waals surface area contributed by atoms with Crippen molar-refractivity contribution in [1.82, 2.24) is 10.2 Å². The Balaban J connectivity index is 1.29. The van der Waals surface area contributed by atoms with E-state index >= 15 is 0 Å². The first kappa shape index (κ1) is 24.1. The maximum Gasteiger partial charge on any atom is 0.352 e. The normalized spacial score (nSPS) is 19.4. The van der Waals surface area contributed by atoms with E-state index in [4.69, 9.17) is 0 Å². The molecule has 0 aromatic heterocycles. The second-order valence-electron chi connectivity index (χ2n) is 9.38. The van der Waals surface area contributed by atoms with Crippen LogP contribution in [0.5, 0.6) is 0 Å². The van der Waals surface area contributed by atoms with Crippen molar-refractivity contribution in [3.05, 3.63) is 100 Å². The van der Waals surface area contributed by atoms with Gasteiger partial charge in [0.15, 0.2) is 5.78 Å². The smallest absolute Gasteiger partial charge is 0.352 e. The molecule has 2 aliphatic heterocycles. The number of benzene rings is 3. The molecule has 6 rings (SSSR count). The second kappa shape index (κ2) is 9.27. The van der Waals surface area contributed by atoms with Crippen LogP contribution in [-0.4, -0.2) is 55.8 Å². The monoisotopic (exact) mass is 526 g/mol. The second-order valence-corrected chi connectivity index (χ2v) is 10.5. The number of fused-ring (bicyclic) bond motifs is 4. The summed E-state index contributed by atoms with van der Waals surface area (Å²) >= 11 is 1.40. The molecule has 1 fully saturated rings. The van der Waals surface area contributed by atoms with Crippen LogP contribution in [0.4, 0.5) is 0 Å². The number of hydrogen-bond acceptors (Lipinski definition) is 6. The lowest BCUT2D eigenvalue weighted by Crippen LogP contribution is -2.70. The van der Waals surface area contributed by atoms with E-state index in [0.717, 1.165) is 11.1 Å². The third-order valence-electron chi connectivity index (χ3n) is 7.11. The largest absolute Gasteiger partial charge is 0.477 e. The minimum Gasteiger partial charge on any atom is -0.477 e. The fourth-order valence-electron chi connectivity index (χ4n) is 5.26. The summed E-state index contributed by atoms with van der Waals surface area (Å²) in [5.41, 5.74) is 4.88. The van der Waals surface area contributed by atoms with Gasteiger partial charge in [0.05, 0.1) is 13.0 Å². The van der Waals surface area contributed by atoms with Crippen molar-refractivity contribution in [2.75, 3.05) is 5.75 Å². The van der Waals surface area contributed by atoms with Crippen molar-refractivity contribution >= 4 is 40.9 Å². The molecule has 8 nitrogen and oxygen atoms in total. The topological polar surface area (TPSA) is 124 Å². The number of thioether (sulfide) groups is 1. The molecule has 2 heterocycles. The summed E-state index contributed by atoms with van der Waals surface area (Å²) in [6, 6.07) is 18.8. The number of carbonyl (C=O) groups excluding carboxylic acids is 3. The SMILES string of the molecule is O=C(Cc1ccccc1)N[C@@H]1C(=O)N2C(C(=O)O)=C(c3ccc4c(c3)-c3ccc(CO)cc3C4=O)CS[C@@H]12. The van der Waals surface area contributed by atoms with E-state index in [1.807, 2.05) is 30.3 Å². The Morgan fingerprint density at radius 3 is 2.42 bits per heavy atom. The molecule has 38 heavy (non-hydrogen) atoms. The van der Waals surface area contributed by atoms with Crippen molar-refractivity contribution in [3.63, 3.8) is 0 Å². The zero-order valence-electron chi connectivity index (χ0n) is 20.0. The van der Waals surface area contributed by atoms with Crippen LogP contribution in [0.15, 0.2) is 72.4 Å². The molecular formula is C29H22N2O6S. The molecule has 3 N–H and O–H groups in total. The number of rotatable bonds is 6. The van der Waals surface area contributed by atoms with Gasteiger partial charge >= 0.3 is 5.97 Å². The Morgan fingerprint density at radius 1 is 0.921 bits per heavy atom. The highest BCUT2D eigenvalue weighted by atomic mass is 32.2. The number of carboxylic acid groups (broad SMARTS) is 1. The van der Waals surface area contributed by atoms with Crippen molar-refractivity contribution in [3.8, 4) is 11.1 Å². The molecule has 9 heteroatoms. The number of carboxylic acids is 1. The van der Waals surface area contributed by atoms with Gasteiger partial charge in [-0.05, 0) is 46.0 Å². The predicted octanol–water partition coefficient (Wildman–Crippen LogP) is 2.83. The number of ketones is 1. The first-order valence-electron chi connectivity index (χ1n) is 12.0. The maximum atomic E-state index is 13.1. The minimum absolute atomic E-state index is 0.104. The van der Waals surface area contributed by atoms with Gasteiger partial charge in [0.2, 0.25) is 5.91 Å². The molecule has 3 aromatic rings. The number of carbonyl (C=O) groups is 4. The van der Waals surface area contributed by atoms with Crippen molar-refractivity contribution in [1.29, 1.82) is 0 Å². The van der Waals surface area contributed by atoms with Crippen LogP contribution < -0.4 is 5.32 Å². The van der Waals surface area contributed by atoms with Crippen LogP contribution in [-0.2, 0) is 27.4 Å². The summed E-state index contributed by atoms with van der Waals surface area (Å²) in [5, 5.41) is 21.8. The molecule has 190 valence electrons. The molecule has 1 aliphatic carbocycles. The Labute approximate surface area is 222 Å². The Kier molecular flexibility index (Phi) is 5.89. The van der Waals surface area contributed by atoms with E-state index in [0.29, 0.717) is 39.1 Å². The van der Waals surface area contributed by atoms with E-state index in [2.05, 4.69) is 5.32 Å². The summed E-state index contributed by atoms with van der Waals surface area (Å²) in [6.07, 6.45) is 0.129. The third-order valence-corrected chi connectivity index (χ3v) is 8.39. The maximum absolute atomic E-state index is 13.1. The lowest BCUT2D eigenvalue weighted by molar-refractivity contribution is -0.150. The van der Waals surface area contributed by atoms with Crippen LogP contribution in [0.25, 0.3) is 16.7 Å². The Bertz CT molecular complexity index is 1560. The van der Waals surface area contributed by atoms with Gasteiger partial charge in [-0.25, -0.2) is 4.79 Å². The van der Waals surface area contributed by atoms with Gasteiger partial charge in [-0.15, -0.1) is 11.8 Å². The summed E-state index contributed by atoms with van der Waals surface area (Å²) in [6.45, 7) is -0.174. The molecule has 0 spiro atoms.